The first-order chi connectivity index (χ1) is 8.70. The molecule has 0 N–H and O–H groups in total. The van der Waals surface area contributed by atoms with Crippen molar-refractivity contribution in [2.75, 3.05) is 7.11 Å². The van der Waals surface area contributed by atoms with Crippen LogP contribution in [0.1, 0.15) is 58.3 Å². The van der Waals surface area contributed by atoms with E-state index in [0.29, 0.717) is 0 Å². The molecule has 4 nitrogen and oxygen atoms in total. The molecule has 0 aliphatic carbocycles. The number of esters is 2. The lowest BCUT2D eigenvalue weighted by molar-refractivity contribution is -0.145. The van der Waals surface area contributed by atoms with Crippen molar-refractivity contribution in [3.05, 3.63) is 12.3 Å². The molecule has 0 aliphatic heterocycles. The van der Waals surface area contributed by atoms with Crippen LogP contribution in [0.2, 0.25) is 0 Å². The molecule has 0 aromatic heterocycles. The zero-order chi connectivity index (χ0) is 13.6. The summed E-state index contributed by atoms with van der Waals surface area (Å²) in [5.41, 5.74) is 0. The highest BCUT2D eigenvalue weighted by molar-refractivity contribution is 5.77. The second-order valence-corrected chi connectivity index (χ2v) is 4.14. The Morgan fingerprint density at radius 2 is 1.67 bits per heavy atom. The first-order valence-corrected chi connectivity index (χ1v) is 6.62. The van der Waals surface area contributed by atoms with Crippen molar-refractivity contribution in [2.24, 2.45) is 0 Å². The largest absolute Gasteiger partial charge is 0.469 e. The molecule has 0 radical (unpaired) electrons. The fraction of sp³-hybridized carbons (Fsp3) is 0.714. The van der Waals surface area contributed by atoms with Gasteiger partial charge >= 0.3 is 11.9 Å². The molecule has 0 fully saturated rings. The van der Waals surface area contributed by atoms with Crippen LogP contribution in [0.15, 0.2) is 12.3 Å². The van der Waals surface area contributed by atoms with Crippen molar-refractivity contribution in [3.8, 4) is 0 Å². The van der Waals surface area contributed by atoms with Gasteiger partial charge in [0.1, 0.15) is 0 Å². The van der Waals surface area contributed by atoms with Gasteiger partial charge in [0.25, 0.3) is 0 Å². The van der Waals surface area contributed by atoms with Crippen LogP contribution in [-0.4, -0.2) is 19.0 Å². The smallest absolute Gasteiger partial charge is 0.311 e. The van der Waals surface area contributed by atoms with E-state index >= 15 is 0 Å². The Labute approximate surface area is 109 Å². The fourth-order valence-electron chi connectivity index (χ4n) is 1.42. The molecule has 0 atom stereocenters. The van der Waals surface area contributed by atoms with Gasteiger partial charge < -0.3 is 9.47 Å². The second-order valence-electron chi connectivity index (χ2n) is 4.14. The van der Waals surface area contributed by atoms with Gasteiger partial charge in [-0.2, -0.15) is 0 Å². The summed E-state index contributed by atoms with van der Waals surface area (Å²) in [6.45, 7) is 2.19. The Bertz CT molecular complexity index is 259. The molecule has 0 aromatic rings. The first kappa shape index (κ1) is 16.7. The Balaban J connectivity index is 3.40. The van der Waals surface area contributed by atoms with E-state index in [9.17, 15) is 9.59 Å². The number of carbonyl (C=O) groups is 2. The van der Waals surface area contributed by atoms with Gasteiger partial charge in [-0.15, -0.1) is 0 Å². The molecule has 0 aliphatic rings. The Kier molecular flexibility index (Phi) is 11.3. The molecule has 0 heterocycles. The van der Waals surface area contributed by atoms with Crippen LogP contribution < -0.4 is 0 Å². The Morgan fingerprint density at radius 3 is 2.33 bits per heavy atom. The fourth-order valence-corrected chi connectivity index (χ4v) is 1.42. The van der Waals surface area contributed by atoms with E-state index < -0.39 is 11.9 Å². The van der Waals surface area contributed by atoms with Crippen LogP contribution in [0, 0.1) is 0 Å². The lowest BCUT2D eigenvalue weighted by Crippen LogP contribution is -2.06. The van der Waals surface area contributed by atoms with Gasteiger partial charge in [0.2, 0.25) is 0 Å². The van der Waals surface area contributed by atoms with Crippen LogP contribution in [0.25, 0.3) is 0 Å². The van der Waals surface area contributed by atoms with E-state index in [1.54, 1.807) is 0 Å². The standard InChI is InChI=1S/C14H24O4/c1-3-4-5-6-7-8-9-12-18-14(16)11-10-13(15)17-2/h9,12H,3-8,10-11H2,1-2H3. The normalized spacial score (nSPS) is 10.6. The molecule has 0 amide bonds. The lowest BCUT2D eigenvalue weighted by atomic mass is 10.1. The molecule has 4 heteroatoms. The maximum absolute atomic E-state index is 11.2. The summed E-state index contributed by atoms with van der Waals surface area (Å²) in [5.74, 6) is -0.797. The van der Waals surface area contributed by atoms with Gasteiger partial charge in [0, 0.05) is 0 Å². The molecular formula is C14H24O4. The zero-order valence-electron chi connectivity index (χ0n) is 11.4. The third-order valence-electron chi connectivity index (χ3n) is 2.53. The zero-order valence-corrected chi connectivity index (χ0v) is 11.4. The number of rotatable bonds is 10. The molecule has 18 heavy (non-hydrogen) atoms. The highest BCUT2D eigenvalue weighted by Crippen LogP contribution is 2.05. The number of carbonyl (C=O) groups excluding carboxylic acids is 2. The average molecular weight is 256 g/mol. The van der Waals surface area contributed by atoms with Crippen molar-refractivity contribution in [1.29, 1.82) is 0 Å². The van der Waals surface area contributed by atoms with Crippen LogP contribution in [0.3, 0.4) is 0 Å². The van der Waals surface area contributed by atoms with Crippen LogP contribution in [0.4, 0.5) is 0 Å². The summed E-state index contributed by atoms with van der Waals surface area (Å²) in [5, 5.41) is 0. The molecule has 0 aromatic carbocycles. The van der Waals surface area contributed by atoms with Gasteiger partial charge in [0.05, 0.1) is 26.2 Å². The summed E-state index contributed by atoms with van der Waals surface area (Å²) in [6.07, 6.45) is 10.5. The van der Waals surface area contributed by atoms with Gasteiger partial charge in [-0.3, -0.25) is 9.59 Å². The lowest BCUT2D eigenvalue weighted by Gasteiger charge is -1.99. The number of allylic oxidation sites excluding steroid dienone is 1. The van der Waals surface area contributed by atoms with Crippen molar-refractivity contribution in [1.82, 2.24) is 0 Å². The third-order valence-corrected chi connectivity index (χ3v) is 2.53. The minimum Gasteiger partial charge on any atom is -0.469 e. The van der Waals surface area contributed by atoms with Gasteiger partial charge in [-0.25, -0.2) is 0 Å². The topological polar surface area (TPSA) is 52.6 Å². The second kappa shape index (κ2) is 12.1. The van der Waals surface area contributed by atoms with Gasteiger partial charge in [-0.1, -0.05) is 32.6 Å². The summed E-state index contributed by atoms with van der Waals surface area (Å²) in [6, 6.07) is 0. The van der Waals surface area contributed by atoms with Crippen molar-refractivity contribution < 1.29 is 19.1 Å². The van der Waals surface area contributed by atoms with E-state index in [4.69, 9.17) is 4.74 Å². The highest BCUT2D eigenvalue weighted by Gasteiger charge is 2.06. The van der Waals surface area contributed by atoms with Gasteiger partial charge in [0.15, 0.2) is 0 Å². The molecule has 0 saturated heterocycles. The maximum Gasteiger partial charge on any atom is 0.311 e. The van der Waals surface area contributed by atoms with E-state index in [2.05, 4.69) is 11.7 Å². The summed E-state index contributed by atoms with van der Waals surface area (Å²) in [7, 11) is 1.30. The van der Waals surface area contributed by atoms with E-state index in [1.165, 1.54) is 39.1 Å². The molecule has 104 valence electrons. The number of ether oxygens (including phenoxy) is 2. The number of methoxy groups -OCH3 is 1. The summed E-state index contributed by atoms with van der Waals surface area (Å²) in [4.78, 5) is 21.9. The monoisotopic (exact) mass is 256 g/mol. The minimum atomic E-state index is -0.400. The molecule has 0 bridgehead atoms. The average Bonchev–Trinajstić information content (AvgIpc) is 2.39. The van der Waals surface area contributed by atoms with Crippen LogP contribution in [0.5, 0.6) is 0 Å². The summed E-state index contributed by atoms with van der Waals surface area (Å²) < 4.78 is 9.26. The Morgan fingerprint density at radius 1 is 1.00 bits per heavy atom. The minimum absolute atomic E-state index is 0.0630. The molecule has 0 rings (SSSR count). The predicted octanol–water partition coefficient (Wildman–Crippen LogP) is 3.36. The highest BCUT2D eigenvalue weighted by atomic mass is 16.5. The number of hydrogen-bond acceptors (Lipinski definition) is 4. The molecular weight excluding hydrogens is 232 g/mol. The number of hydrogen-bond donors (Lipinski definition) is 0. The SMILES string of the molecule is CCCCCCCC=COC(=O)CCC(=O)OC. The Hall–Kier alpha value is -1.32. The predicted molar refractivity (Wildman–Crippen MR) is 69.9 cm³/mol. The third kappa shape index (κ3) is 11.2. The van der Waals surface area contributed by atoms with E-state index in [1.807, 2.05) is 6.08 Å². The van der Waals surface area contributed by atoms with E-state index in [0.717, 1.165) is 12.8 Å². The maximum atomic E-state index is 11.2. The molecule has 0 saturated carbocycles. The van der Waals surface area contributed by atoms with Crippen molar-refractivity contribution in [2.45, 2.75) is 58.3 Å². The van der Waals surface area contributed by atoms with Gasteiger partial charge in [-0.05, 0) is 18.9 Å². The number of unbranched alkanes of at least 4 members (excludes halogenated alkanes) is 5. The molecule has 0 unspecified atom stereocenters. The summed E-state index contributed by atoms with van der Waals surface area (Å²) >= 11 is 0. The van der Waals surface area contributed by atoms with E-state index in [-0.39, 0.29) is 12.8 Å². The van der Waals surface area contributed by atoms with Crippen LogP contribution in [-0.2, 0) is 19.1 Å². The van der Waals surface area contributed by atoms with Crippen LogP contribution >= 0.6 is 0 Å². The quantitative estimate of drug-likeness (QED) is 0.341. The van der Waals surface area contributed by atoms with Crippen molar-refractivity contribution >= 4 is 11.9 Å². The van der Waals surface area contributed by atoms with Crippen molar-refractivity contribution in [3.63, 3.8) is 0 Å². The molecule has 0 spiro atoms. The first-order valence-electron chi connectivity index (χ1n) is 6.62.